The highest BCUT2D eigenvalue weighted by Crippen LogP contribution is 2.39. The van der Waals surface area contributed by atoms with E-state index in [0.29, 0.717) is 39.7 Å². The van der Waals surface area contributed by atoms with Gasteiger partial charge in [0.15, 0.2) is 0 Å². The number of hydrogen-bond donors (Lipinski definition) is 2. The van der Waals surface area contributed by atoms with E-state index >= 15 is 0 Å². The fourth-order valence-electron chi connectivity index (χ4n) is 4.43. The van der Waals surface area contributed by atoms with E-state index in [-0.39, 0.29) is 25.7 Å². The molecule has 11 nitrogen and oxygen atoms in total. The van der Waals surface area contributed by atoms with Gasteiger partial charge in [0.2, 0.25) is 5.91 Å². The number of dihydropyridines is 1. The van der Waals surface area contributed by atoms with E-state index in [1.165, 1.54) is 7.11 Å². The fraction of sp³-hybridized carbons (Fsp3) is 0.520. The molecule has 3 rings (SSSR count). The topological polar surface area (TPSA) is 138 Å². The van der Waals surface area contributed by atoms with Gasteiger partial charge in [-0.05, 0) is 43.1 Å². The molecule has 2 N–H and O–H groups in total. The number of methoxy groups -OCH3 is 1. The van der Waals surface area contributed by atoms with Gasteiger partial charge in [-0.25, -0.2) is 4.79 Å². The molecule has 0 saturated carbocycles. The van der Waals surface area contributed by atoms with Crippen LogP contribution in [-0.4, -0.2) is 83.0 Å². The first-order valence-electron chi connectivity index (χ1n) is 12.2. The molecule has 0 radical (unpaired) electrons. The van der Waals surface area contributed by atoms with Crippen LogP contribution in [0.3, 0.4) is 0 Å². The second-order valence-electron chi connectivity index (χ2n) is 8.61. The molecule has 1 atom stereocenters. The van der Waals surface area contributed by atoms with Crippen molar-refractivity contribution in [1.29, 1.82) is 0 Å². The number of benzene rings is 1. The van der Waals surface area contributed by atoms with E-state index in [1.807, 2.05) is 6.07 Å². The smallest absolute Gasteiger partial charge is 0.336 e. The molecule has 1 aromatic carbocycles. The van der Waals surface area contributed by atoms with E-state index in [4.69, 9.17) is 31.3 Å². The highest BCUT2D eigenvalue weighted by molar-refractivity contribution is 6.30. The lowest BCUT2D eigenvalue weighted by Crippen LogP contribution is -2.40. The molecule has 37 heavy (non-hydrogen) atoms. The van der Waals surface area contributed by atoms with Crippen LogP contribution in [0.25, 0.3) is 10.4 Å². The first kappa shape index (κ1) is 28.5. The molecule has 1 unspecified atom stereocenters. The van der Waals surface area contributed by atoms with Crippen molar-refractivity contribution in [3.63, 3.8) is 0 Å². The number of hydrogen-bond acceptors (Lipinski definition) is 8. The minimum Gasteiger partial charge on any atom is -0.466 e. The maximum Gasteiger partial charge on any atom is 0.336 e. The van der Waals surface area contributed by atoms with Crippen LogP contribution in [-0.2, 0) is 23.8 Å². The van der Waals surface area contributed by atoms with Crippen LogP contribution in [0.1, 0.15) is 24.8 Å². The minimum atomic E-state index is -0.720. The molecular formula is C25H33ClN6O5. The lowest BCUT2D eigenvalue weighted by Gasteiger charge is -2.32. The molecule has 0 bridgehead atoms. The lowest BCUT2D eigenvalue weighted by molar-refractivity contribution is -0.136. The maximum atomic E-state index is 13.7. The Hall–Kier alpha value is -3.08. The van der Waals surface area contributed by atoms with Gasteiger partial charge in [0, 0.05) is 41.8 Å². The predicted molar refractivity (Wildman–Crippen MR) is 139 cm³/mol. The molecule has 1 amide bonds. The number of nitrogens with one attached hydrogen (secondary N) is 2. The molecule has 0 aliphatic carbocycles. The van der Waals surface area contributed by atoms with Crippen LogP contribution in [0.15, 0.2) is 51.9 Å². The summed E-state index contributed by atoms with van der Waals surface area (Å²) >= 11 is 6.29. The zero-order valence-corrected chi connectivity index (χ0v) is 21.9. The molecule has 0 spiro atoms. The van der Waals surface area contributed by atoms with Crippen molar-refractivity contribution < 1.29 is 23.8 Å². The molecule has 1 saturated heterocycles. The molecule has 2 aliphatic heterocycles. The van der Waals surface area contributed by atoms with Crippen molar-refractivity contribution in [3.8, 4) is 0 Å². The Morgan fingerprint density at radius 1 is 1.32 bits per heavy atom. The van der Waals surface area contributed by atoms with Crippen LogP contribution in [0.5, 0.6) is 0 Å². The highest BCUT2D eigenvalue weighted by atomic mass is 35.5. The molecule has 1 aromatic rings. The monoisotopic (exact) mass is 532 g/mol. The summed E-state index contributed by atoms with van der Waals surface area (Å²) in [7, 11) is 1.31. The van der Waals surface area contributed by atoms with E-state index in [1.54, 1.807) is 25.1 Å². The van der Waals surface area contributed by atoms with Gasteiger partial charge in [-0.3, -0.25) is 9.69 Å². The summed E-state index contributed by atoms with van der Waals surface area (Å²) in [6.07, 6.45) is 0.769. The average Bonchev–Trinajstić information content (AvgIpc) is 2.90. The first-order valence-corrected chi connectivity index (χ1v) is 12.6. The quantitative estimate of drug-likeness (QED) is 0.139. The number of azide groups is 1. The number of allylic oxidation sites excluding steroid dienone is 1. The summed E-state index contributed by atoms with van der Waals surface area (Å²) in [6.45, 7) is 6.65. The van der Waals surface area contributed by atoms with Gasteiger partial charge in [0.05, 0.1) is 56.3 Å². The Morgan fingerprint density at radius 2 is 2.11 bits per heavy atom. The van der Waals surface area contributed by atoms with Crippen molar-refractivity contribution in [2.45, 2.75) is 19.3 Å². The Morgan fingerprint density at radius 3 is 2.81 bits per heavy atom. The first-order chi connectivity index (χ1) is 18.0. The van der Waals surface area contributed by atoms with E-state index in [9.17, 15) is 9.59 Å². The van der Waals surface area contributed by atoms with Crippen molar-refractivity contribution in [1.82, 2.24) is 15.5 Å². The predicted octanol–water partition coefficient (Wildman–Crippen LogP) is 2.89. The number of esters is 1. The van der Waals surface area contributed by atoms with Crippen LogP contribution in [0, 0.1) is 0 Å². The Balaban J connectivity index is 1.88. The Kier molecular flexibility index (Phi) is 11.2. The Labute approximate surface area is 221 Å². The van der Waals surface area contributed by atoms with Crippen LogP contribution < -0.4 is 10.6 Å². The van der Waals surface area contributed by atoms with Gasteiger partial charge in [0.25, 0.3) is 0 Å². The Bertz CT molecular complexity index is 1080. The van der Waals surface area contributed by atoms with Crippen molar-refractivity contribution >= 4 is 23.5 Å². The number of halogens is 1. The van der Waals surface area contributed by atoms with Gasteiger partial charge < -0.3 is 24.8 Å². The van der Waals surface area contributed by atoms with Crippen LogP contribution in [0.4, 0.5) is 0 Å². The number of morpholine rings is 1. The zero-order valence-electron chi connectivity index (χ0n) is 21.2. The number of rotatable bonds is 12. The van der Waals surface area contributed by atoms with Crippen LogP contribution in [0.2, 0.25) is 5.02 Å². The molecule has 0 aromatic heterocycles. The fourth-order valence-corrected chi connectivity index (χ4v) is 4.63. The summed E-state index contributed by atoms with van der Waals surface area (Å²) in [5.74, 6) is -1.58. The van der Waals surface area contributed by atoms with Gasteiger partial charge in [-0.15, -0.1) is 0 Å². The maximum absolute atomic E-state index is 13.7. The van der Waals surface area contributed by atoms with E-state index in [0.717, 1.165) is 39.3 Å². The largest absolute Gasteiger partial charge is 0.466 e. The normalized spacial score (nSPS) is 18.2. The summed E-state index contributed by atoms with van der Waals surface area (Å²) < 4.78 is 16.2. The van der Waals surface area contributed by atoms with Crippen molar-refractivity contribution in [3.05, 3.63) is 67.8 Å². The van der Waals surface area contributed by atoms with Gasteiger partial charge >= 0.3 is 5.97 Å². The number of carbonyl (C=O) groups excluding carboxylic acids is 2. The summed E-state index contributed by atoms with van der Waals surface area (Å²) in [5.41, 5.74) is 10.9. The third-order valence-corrected chi connectivity index (χ3v) is 6.40. The third kappa shape index (κ3) is 7.95. The lowest BCUT2D eigenvalue weighted by atomic mass is 9.80. The molecular weight excluding hydrogens is 500 g/mol. The highest BCUT2D eigenvalue weighted by Gasteiger charge is 2.38. The average molecular weight is 533 g/mol. The zero-order chi connectivity index (χ0) is 26.6. The molecule has 2 aliphatic rings. The number of ether oxygens (including phenoxy) is 3. The minimum absolute atomic E-state index is 0.0559. The van der Waals surface area contributed by atoms with Crippen molar-refractivity contribution in [2.75, 3.05) is 66.3 Å². The summed E-state index contributed by atoms with van der Waals surface area (Å²) in [4.78, 5) is 31.6. The van der Waals surface area contributed by atoms with Crippen molar-refractivity contribution in [2.24, 2.45) is 5.11 Å². The second-order valence-corrected chi connectivity index (χ2v) is 9.04. The SMILES string of the molecule is COC(=O)C1=C(C)NC(COCCN=[N+]=[N-])=C(C(=O)NCCCN2CCOCC2)C1c1cccc(Cl)c1. The third-order valence-electron chi connectivity index (χ3n) is 6.16. The van der Waals surface area contributed by atoms with Gasteiger partial charge in [-0.2, -0.15) is 0 Å². The molecule has 1 fully saturated rings. The van der Waals surface area contributed by atoms with Crippen LogP contribution >= 0.6 is 11.6 Å². The van der Waals surface area contributed by atoms with Gasteiger partial charge in [0.1, 0.15) is 0 Å². The standard InChI is InChI=1S/C25H33ClN6O5/c1-17-21(25(34)35-2)22(18-5-3-6-19(26)15-18)23(20(30-17)16-37-12-8-29-31-27)24(33)28-7-4-9-32-10-13-36-14-11-32/h3,5-6,15,22,30H,4,7-14,16H2,1-2H3,(H,28,33). The van der Waals surface area contributed by atoms with Gasteiger partial charge in [-0.1, -0.05) is 28.8 Å². The second kappa shape index (κ2) is 14.6. The van der Waals surface area contributed by atoms with E-state index < -0.39 is 11.9 Å². The number of nitrogens with zero attached hydrogens (tertiary/aromatic N) is 4. The summed E-state index contributed by atoms with van der Waals surface area (Å²) in [6, 6.07) is 7.07. The number of amides is 1. The molecule has 12 heteroatoms. The van der Waals surface area contributed by atoms with E-state index in [2.05, 4.69) is 25.6 Å². The summed E-state index contributed by atoms with van der Waals surface area (Å²) in [5, 5.41) is 10.1. The molecule has 2 heterocycles. The number of carbonyl (C=O) groups is 2. The molecule has 200 valence electrons.